The lowest BCUT2D eigenvalue weighted by Gasteiger charge is -2.67. The van der Waals surface area contributed by atoms with Crippen molar-refractivity contribution >= 4 is 5.97 Å². The summed E-state index contributed by atoms with van der Waals surface area (Å²) in [5.74, 6) is 0.653. The van der Waals surface area contributed by atoms with Crippen LogP contribution in [0.25, 0.3) is 0 Å². The molecule has 3 heterocycles. The molecule has 0 radical (unpaired) electrons. The number of piperidine rings is 2. The van der Waals surface area contributed by atoms with Crippen molar-refractivity contribution in [1.82, 2.24) is 4.90 Å². The van der Waals surface area contributed by atoms with Crippen LogP contribution in [0.5, 0.6) is 5.75 Å². The van der Waals surface area contributed by atoms with Crippen LogP contribution >= 0.6 is 0 Å². The number of rotatable bonds is 4. The van der Waals surface area contributed by atoms with E-state index in [1.165, 1.54) is 0 Å². The summed E-state index contributed by atoms with van der Waals surface area (Å²) < 4.78 is 12.7. The molecular weight excluding hydrogens is 394 g/mol. The van der Waals surface area contributed by atoms with Gasteiger partial charge in [0.15, 0.2) is 0 Å². The number of benzene rings is 1. The summed E-state index contributed by atoms with van der Waals surface area (Å²) in [7, 11) is 0. The van der Waals surface area contributed by atoms with Gasteiger partial charge in [-0.05, 0) is 68.7 Å². The summed E-state index contributed by atoms with van der Waals surface area (Å²) in [5.41, 5.74) is 0.705. The lowest BCUT2D eigenvalue weighted by atomic mass is 9.47. The van der Waals surface area contributed by atoms with Crippen molar-refractivity contribution in [3.05, 3.63) is 29.8 Å². The molecule has 0 amide bonds. The maximum absolute atomic E-state index is 12.8. The molecule has 168 valence electrons. The fourth-order valence-corrected chi connectivity index (χ4v) is 7.99. The highest BCUT2D eigenvalue weighted by atomic mass is 16.6. The minimum atomic E-state index is -0.392. The zero-order chi connectivity index (χ0) is 21.4. The summed E-state index contributed by atoms with van der Waals surface area (Å²) in [4.78, 5) is 15.5. The standard InChI is InChI=1S/C25H33NO5/c1-15-14-24-18-3-2-11-26(24)12-10-21-25(24,31-21)19(23(15)29)13-20(18)30-22(28)9-6-16-4-7-17(27)8-5-16/h4-5,7-8,15,18-21,23,27,29H,2-3,6,9-14H2,1H3/t15-,18-,19+,20-,21+,23+,24-,25+/m0/s1. The van der Waals surface area contributed by atoms with Crippen molar-refractivity contribution in [1.29, 1.82) is 0 Å². The number of esters is 1. The largest absolute Gasteiger partial charge is 0.508 e. The molecule has 0 unspecified atom stereocenters. The summed E-state index contributed by atoms with van der Waals surface area (Å²) in [6.07, 6.45) is 5.58. The van der Waals surface area contributed by atoms with E-state index in [9.17, 15) is 15.0 Å². The number of aliphatic hydroxyl groups excluding tert-OH is 1. The highest BCUT2D eigenvalue weighted by Gasteiger charge is 2.83. The minimum absolute atomic E-state index is 0.0494. The molecule has 2 bridgehead atoms. The van der Waals surface area contributed by atoms with Crippen molar-refractivity contribution < 1.29 is 24.5 Å². The Hall–Kier alpha value is -1.63. The fourth-order valence-electron chi connectivity index (χ4n) is 7.99. The van der Waals surface area contributed by atoms with Gasteiger partial charge in [0.25, 0.3) is 0 Å². The van der Waals surface area contributed by atoms with E-state index in [-0.39, 0.29) is 52.8 Å². The third kappa shape index (κ3) is 2.71. The van der Waals surface area contributed by atoms with Gasteiger partial charge in [0.05, 0.1) is 17.7 Å². The Morgan fingerprint density at radius 1 is 1.23 bits per heavy atom. The number of phenolic OH excluding ortho intramolecular Hbond substituents is 1. The van der Waals surface area contributed by atoms with Gasteiger partial charge in [-0.2, -0.15) is 0 Å². The number of carbonyl (C=O) groups is 1. The van der Waals surface area contributed by atoms with E-state index in [0.29, 0.717) is 19.3 Å². The normalized spacial score (nSPS) is 45.4. The zero-order valence-electron chi connectivity index (χ0n) is 18.2. The highest BCUT2D eigenvalue weighted by Crippen LogP contribution is 2.71. The first-order valence-corrected chi connectivity index (χ1v) is 12.0. The number of aryl methyl sites for hydroxylation is 1. The number of epoxide rings is 1. The topological polar surface area (TPSA) is 82.5 Å². The van der Waals surface area contributed by atoms with Crippen LogP contribution in [0.1, 0.15) is 51.0 Å². The number of hydrogen-bond acceptors (Lipinski definition) is 6. The van der Waals surface area contributed by atoms with Gasteiger partial charge in [0, 0.05) is 24.8 Å². The zero-order valence-corrected chi connectivity index (χ0v) is 18.2. The lowest BCUT2D eigenvalue weighted by Crippen LogP contribution is -2.79. The molecule has 3 saturated heterocycles. The van der Waals surface area contributed by atoms with Crippen LogP contribution in [0, 0.1) is 17.8 Å². The Morgan fingerprint density at radius 3 is 2.84 bits per heavy atom. The summed E-state index contributed by atoms with van der Waals surface area (Å²) in [5, 5.41) is 20.6. The molecule has 2 aliphatic carbocycles. The van der Waals surface area contributed by atoms with Crippen molar-refractivity contribution in [2.24, 2.45) is 17.8 Å². The number of aromatic hydroxyl groups is 1. The SMILES string of the molecule is C[C@H]1C[C@@]23[C@H]4CCCN2CC[C@H]2O[C@]23[C@H](C[C@@H]4OC(=O)CCc2ccc(O)cc2)[C@@H]1O. The third-order valence-electron chi connectivity index (χ3n) is 9.17. The molecule has 2 spiro atoms. The van der Waals surface area contributed by atoms with Gasteiger partial charge in [-0.1, -0.05) is 19.1 Å². The Kier molecular flexibility index (Phi) is 4.47. The molecule has 0 aromatic heterocycles. The fraction of sp³-hybridized carbons (Fsp3) is 0.720. The summed E-state index contributed by atoms with van der Waals surface area (Å²) >= 11 is 0. The monoisotopic (exact) mass is 427 g/mol. The second kappa shape index (κ2) is 6.93. The molecule has 6 heteroatoms. The first-order valence-electron chi connectivity index (χ1n) is 12.0. The first-order chi connectivity index (χ1) is 15.0. The van der Waals surface area contributed by atoms with E-state index in [2.05, 4.69) is 11.8 Å². The van der Waals surface area contributed by atoms with Gasteiger partial charge in [-0.3, -0.25) is 9.69 Å². The van der Waals surface area contributed by atoms with E-state index in [0.717, 1.165) is 44.3 Å². The van der Waals surface area contributed by atoms with Crippen molar-refractivity contribution in [3.8, 4) is 5.75 Å². The molecule has 1 aromatic rings. The summed E-state index contributed by atoms with van der Waals surface area (Å²) in [6.45, 7) is 4.32. The van der Waals surface area contributed by atoms with E-state index in [1.54, 1.807) is 12.1 Å². The second-order valence-electron chi connectivity index (χ2n) is 10.6. The minimum Gasteiger partial charge on any atom is -0.508 e. The molecule has 31 heavy (non-hydrogen) atoms. The Morgan fingerprint density at radius 2 is 2.03 bits per heavy atom. The number of hydrogen-bond donors (Lipinski definition) is 2. The van der Waals surface area contributed by atoms with Crippen LogP contribution in [0.15, 0.2) is 24.3 Å². The number of carbonyl (C=O) groups excluding carboxylic acids is 1. The molecule has 5 fully saturated rings. The van der Waals surface area contributed by atoms with Gasteiger partial charge in [0.1, 0.15) is 17.5 Å². The predicted molar refractivity (Wildman–Crippen MR) is 113 cm³/mol. The van der Waals surface area contributed by atoms with Crippen LogP contribution in [-0.4, -0.2) is 63.6 Å². The molecule has 3 aliphatic heterocycles. The second-order valence-corrected chi connectivity index (χ2v) is 10.6. The van der Waals surface area contributed by atoms with Crippen LogP contribution in [0.3, 0.4) is 0 Å². The third-order valence-corrected chi connectivity index (χ3v) is 9.17. The molecular formula is C25H33NO5. The first kappa shape index (κ1) is 20.0. The number of nitrogens with zero attached hydrogens (tertiary/aromatic N) is 1. The number of ether oxygens (including phenoxy) is 2. The van der Waals surface area contributed by atoms with Gasteiger partial charge in [-0.15, -0.1) is 0 Å². The van der Waals surface area contributed by atoms with Crippen LogP contribution in [-0.2, 0) is 20.7 Å². The van der Waals surface area contributed by atoms with Crippen molar-refractivity contribution in [3.63, 3.8) is 0 Å². The lowest BCUT2D eigenvalue weighted by molar-refractivity contribution is -0.228. The van der Waals surface area contributed by atoms with Crippen molar-refractivity contribution in [2.45, 2.75) is 81.3 Å². The molecule has 1 aromatic carbocycles. The molecule has 6 nitrogen and oxygen atoms in total. The number of phenols is 1. The Balaban J connectivity index is 1.24. The average Bonchev–Trinajstić information content (AvgIpc) is 3.49. The predicted octanol–water partition coefficient (Wildman–Crippen LogP) is 2.65. The van der Waals surface area contributed by atoms with E-state index < -0.39 is 6.10 Å². The average molecular weight is 428 g/mol. The molecule has 2 N–H and O–H groups in total. The molecule has 5 aliphatic rings. The van der Waals surface area contributed by atoms with Gasteiger partial charge >= 0.3 is 5.97 Å². The van der Waals surface area contributed by atoms with Gasteiger partial charge in [-0.25, -0.2) is 0 Å². The smallest absolute Gasteiger partial charge is 0.306 e. The Bertz CT molecular complexity index is 873. The van der Waals surface area contributed by atoms with Gasteiger partial charge < -0.3 is 19.7 Å². The van der Waals surface area contributed by atoms with E-state index in [4.69, 9.17) is 9.47 Å². The van der Waals surface area contributed by atoms with Crippen LogP contribution in [0.4, 0.5) is 0 Å². The van der Waals surface area contributed by atoms with E-state index >= 15 is 0 Å². The highest BCUT2D eigenvalue weighted by molar-refractivity contribution is 5.70. The molecule has 2 saturated carbocycles. The van der Waals surface area contributed by atoms with Crippen molar-refractivity contribution in [2.75, 3.05) is 13.1 Å². The van der Waals surface area contributed by atoms with E-state index in [1.807, 2.05) is 12.1 Å². The van der Waals surface area contributed by atoms with Crippen LogP contribution in [0.2, 0.25) is 0 Å². The Labute approximate surface area is 183 Å². The maximum atomic E-state index is 12.8. The van der Waals surface area contributed by atoms with Gasteiger partial charge in [0.2, 0.25) is 0 Å². The van der Waals surface area contributed by atoms with Crippen LogP contribution < -0.4 is 0 Å². The maximum Gasteiger partial charge on any atom is 0.306 e. The summed E-state index contributed by atoms with van der Waals surface area (Å²) in [6, 6.07) is 6.99. The quantitative estimate of drug-likeness (QED) is 0.568. The number of aliphatic hydroxyl groups is 1. The molecule has 8 atom stereocenters. The molecule has 6 rings (SSSR count).